The fourth-order valence-corrected chi connectivity index (χ4v) is 1.45. The Morgan fingerprint density at radius 2 is 2.05 bits per heavy atom. The van der Waals surface area contributed by atoms with E-state index in [-0.39, 0.29) is 5.97 Å². The Hall–Kier alpha value is -1.36. The van der Waals surface area contributed by atoms with Gasteiger partial charge in [-0.3, -0.25) is 0 Å². The van der Waals surface area contributed by atoms with Crippen LogP contribution in [0.25, 0.3) is 0 Å². The number of carbonyl (C=O) groups is 1. The number of ether oxygens (including phenoxy) is 1. The first-order valence-corrected chi connectivity index (χ1v) is 6.54. The second kappa shape index (κ2) is 5.74. The molecule has 1 heterocycles. The molecular weight excluding hydrogens is 266 g/mol. The van der Waals surface area contributed by atoms with Crippen LogP contribution in [0.3, 0.4) is 0 Å². The molecule has 0 saturated heterocycles. The van der Waals surface area contributed by atoms with Gasteiger partial charge in [-0.15, -0.1) is 0 Å². The van der Waals surface area contributed by atoms with E-state index < -0.39 is 11.1 Å². The van der Waals surface area contributed by atoms with Crippen molar-refractivity contribution < 1.29 is 9.53 Å². The number of esters is 1. The van der Waals surface area contributed by atoms with Crippen LogP contribution >= 0.6 is 11.6 Å². The number of hydrogen-bond acceptors (Lipinski definition) is 5. The highest BCUT2D eigenvalue weighted by molar-refractivity contribution is 6.29. The molecule has 1 atom stereocenters. The van der Waals surface area contributed by atoms with E-state index >= 15 is 0 Å². The molecule has 0 amide bonds. The maximum Gasteiger partial charge on any atom is 0.332 e. The van der Waals surface area contributed by atoms with Gasteiger partial charge in [-0.25, -0.2) is 14.8 Å². The normalized spacial score (nSPS) is 14.6. The molecule has 0 spiro atoms. The van der Waals surface area contributed by atoms with E-state index in [0.717, 1.165) is 0 Å². The zero-order valence-corrected chi connectivity index (χ0v) is 12.7. The molecule has 1 aromatic heterocycles. The highest BCUT2D eigenvalue weighted by Gasteiger charge is 2.36. The van der Waals surface area contributed by atoms with Gasteiger partial charge < -0.3 is 10.1 Å². The average molecular weight is 286 g/mol. The Balaban J connectivity index is 2.89. The summed E-state index contributed by atoms with van der Waals surface area (Å²) in [6, 6.07) is 1.57. The second-order valence-electron chi connectivity index (χ2n) is 5.52. The predicted octanol–water partition coefficient (Wildman–Crippen LogP) is 3.05. The Morgan fingerprint density at radius 3 is 2.53 bits per heavy atom. The van der Waals surface area contributed by atoms with E-state index in [1.807, 2.05) is 27.7 Å². The maximum absolute atomic E-state index is 12.2. The quantitative estimate of drug-likeness (QED) is 0.680. The van der Waals surface area contributed by atoms with Crippen LogP contribution in [0.2, 0.25) is 5.15 Å². The fraction of sp³-hybridized carbons (Fsp3) is 0.615. The number of aromatic nitrogens is 2. The van der Waals surface area contributed by atoms with Gasteiger partial charge in [0.15, 0.2) is 0 Å². The molecule has 1 aromatic rings. The van der Waals surface area contributed by atoms with E-state index in [4.69, 9.17) is 16.3 Å². The number of rotatable bonds is 4. The topological polar surface area (TPSA) is 64.1 Å². The molecule has 6 heteroatoms. The molecule has 1 N–H and O–H groups in total. The van der Waals surface area contributed by atoms with Crippen LogP contribution in [0.5, 0.6) is 0 Å². The maximum atomic E-state index is 12.2. The van der Waals surface area contributed by atoms with Crippen molar-refractivity contribution in [2.24, 2.45) is 0 Å². The first-order chi connectivity index (χ1) is 8.66. The van der Waals surface area contributed by atoms with Gasteiger partial charge in [-0.2, -0.15) is 0 Å². The number of nitrogens with one attached hydrogen (secondary N) is 1. The first kappa shape index (κ1) is 15.7. The number of nitrogens with zero attached hydrogens (tertiary/aromatic N) is 2. The summed E-state index contributed by atoms with van der Waals surface area (Å²) in [4.78, 5) is 20.3. The lowest BCUT2D eigenvalue weighted by atomic mass is 9.99. The van der Waals surface area contributed by atoms with Crippen LogP contribution in [0, 0.1) is 0 Å². The summed E-state index contributed by atoms with van der Waals surface area (Å²) in [5.41, 5.74) is -1.43. The summed E-state index contributed by atoms with van der Waals surface area (Å²) in [6.07, 6.45) is 2.07. The minimum Gasteiger partial charge on any atom is -0.458 e. The van der Waals surface area contributed by atoms with Crippen molar-refractivity contribution in [3.8, 4) is 0 Å². The SMILES string of the molecule is CC[C@@](C)(Nc1nccc(Cl)n1)C(=O)OC(C)(C)C. The Labute approximate surface area is 118 Å². The lowest BCUT2D eigenvalue weighted by Gasteiger charge is -2.31. The van der Waals surface area contributed by atoms with Crippen LogP contribution in [0.4, 0.5) is 5.95 Å². The zero-order valence-electron chi connectivity index (χ0n) is 12.0. The molecule has 0 aliphatic rings. The summed E-state index contributed by atoms with van der Waals surface area (Å²) in [6.45, 7) is 9.14. The molecule has 5 nitrogen and oxygen atoms in total. The van der Waals surface area contributed by atoms with Gasteiger partial charge in [0, 0.05) is 6.20 Å². The van der Waals surface area contributed by atoms with Crippen molar-refractivity contribution in [3.63, 3.8) is 0 Å². The van der Waals surface area contributed by atoms with Crippen molar-refractivity contribution in [1.29, 1.82) is 0 Å². The number of halogens is 1. The Bertz CT molecular complexity index is 459. The Kier molecular flexibility index (Phi) is 4.74. The molecule has 106 valence electrons. The highest BCUT2D eigenvalue weighted by atomic mass is 35.5. The fourth-order valence-electron chi connectivity index (χ4n) is 1.32. The van der Waals surface area contributed by atoms with Gasteiger partial charge in [0.1, 0.15) is 16.3 Å². The molecule has 0 aromatic carbocycles. The van der Waals surface area contributed by atoms with Gasteiger partial charge in [-0.1, -0.05) is 18.5 Å². The van der Waals surface area contributed by atoms with Gasteiger partial charge in [0.25, 0.3) is 0 Å². The third kappa shape index (κ3) is 4.67. The first-order valence-electron chi connectivity index (χ1n) is 6.16. The van der Waals surface area contributed by atoms with Crippen molar-refractivity contribution in [3.05, 3.63) is 17.4 Å². The van der Waals surface area contributed by atoms with Crippen LogP contribution in [-0.4, -0.2) is 27.1 Å². The molecule has 19 heavy (non-hydrogen) atoms. The summed E-state index contributed by atoms with van der Waals surface area (Å²) >= 11 is 5.80. The highest BCUT2D eigenvalue weighted by Crippen LogP contribution is 2.21. The van der Waals surface area contributed by atoms with Crippen LogP contribution in [0.15, 0.2) is 12.3 Å². The van der Waals surface area contributed by atoms with Gasteiger partial charge in [0.05, 0.1) is 0 Å². The minimum atomic E-state index is -0.891. The van der Waals surface area contributed by atoms with Crippen molar-refractivity contribution in [2.45, 2.75) is 52.2 Å². The summed E-state index contributed by atoms with van der Waals surface area (Å²) in [7, 11) is 0. The van der Waals surface area contributed by atoms with Crippen LogP contribution < -0.4 is 5.32 Å². The zero-order chi connectivity index (χ0) is 14.7. The summed E-state index contributed by atoms with van der Waals surface area (Å²) < 4.78 is 5.41. The van der Waals surface area contributed by atoms with Crippen molar-refractivity contribution in [2.75, 3.05) is 5.32 Å². The predicted molar refractivity (Wildman–Crippen MR) is 75.2 cm³/mol. The molecule has 0 aliphatic carbocycles. The largest absolute Gasteiger partial charge is 0.458 e. The smallest absolute Gasteiger partial charge is 0.332 e. The standard InChI is InChI=1S/C13H20ClN3O2/c1-6-13(5,10(18)19-12(2,3)4)17-11-15-8-7-9(14)16-11/h7-8H,6H2,1-5H3,(H,15,16,17)/t13-/m1/s1. The summed E-state index contributed by atoms with van der Waals surface area (Å²) in [5.74, 6) is -0.0335. The molecular formula is C13H20ClN3O2. The molecule has 1 rings (SSSR count). The Morgan fingerprint density at radius 1 is 1.42 bits per heavy atom. The average Bonchev–Trinajstić information content (AvgIpc) is 2.26. The number of hydrogen-bond donors (Lipinski definition) is 1. The summed E-state index contributed by atoms with van der Waals surface area (Å²) in [5, 5.41) is 3.31. The lowest BCUT2D eigenvalue weighted by molar-refractivity contribution is -0.160. The third-order valence-corrected chi connectivity index (χ3v) is 2.78. The van der Waals surface area contributed by atoms with E-state index in [2.05, 4.69) is 15.3 Å². The molecule has 0 aliphatic heterocycles. The lowest BCUT2D eigenvalue weighted by Crippen LogP contribution is -2.47. The number of anilines is 1. The van der Waals surface area contributed by atoms with Crippen LogP contribution in [-0.2, 0) is 9.53 Å². The molecule has 0 unspecified atom stereocenters. The monoisotopic (exact) mass is 285 g/mol. The third-order valence-electron chi connectivity index (χ3n) is 2.57. The van der Waals surface area contributed by atoms with Crippen molar-refractivity contribution >= 4 is 23.5 Å². The molecule has 0 fully saturated rings. The second-order valence-corrected chi connectivity index (χ2v) is 5.90. The minimum absolute atomic E-state index is 0.308. The molecule has 0 saturated carbocycles. The van der Waals surface area contributed by atoms with Gasteiger partial charge >= 0.3 is 5.97 Å². The van der Waals surface area contributed by atoms with Crippen molar-refractivity contribution in [1.82, 2.24) is 9.97 Å². The van der Waals surface area contributed by atoms with Gasteiger partial charge in [0.2, 0.25) is 5.95 Å². The van der Waals surface area contributed by atoms with E-state index in [1.54, 1.807) is 13.0 Å². The van der Waals surface area contributed by atoms with Gasteiger partial charge in [-0.05, 0) is 40.2 Å². The van der Waals surface area contributed by atoms with Crippen LogP contribution in [0.1, 0.15) is 41.0 Å². The molecule has 0 radical (unpaired) electrons. The van der Waals surface area contributed by atoms with E-state index in [0.29, 0.717) is 17.5 Å². The van der Waals surface area contributed by atoms with E-state index in [1.165, 1.54) is 6.20 Å². The number of carbonyl (C=O) groups excluding carboxylic acids is 1. The van der Waals surface area contributed by atoms with E-state index in [9.17, 15) is 4.79 Å². The molecule has 0 bridgehead atoms.